The molecule has 1 heterocycles. The van der Waals surface area contributed by atoms with Crippen molar-refractivity contribution in [1.29, 1.82) is 5.26 Å². The average Bonchev–Trinajstić information content (AvgIpc) is 2.33. The molecule has 19 heavy (non-hydrogen) atoms. The molecule has 0 aliphatic carbocycles. The molecular weight excluding hydrogens is 240 g/mol. The molecule has 1 aromatic rings. The van der Waals surface area contributed by atoms with E-state index >= 15 is 0 Å². The third-order valence-corrected chi connectivity index (χ3v) is 2.67. The molecule has 0 atom stereocenters. The molecule has 0 unspecified atom stereocenters. The van der Waals surface area contributed by atoms with Gasteiger partial charge in [-0.3, -0.25) is 9.78 Å². The fourth-order valence-electron chi connectivity index (χ4n) is 1.83. The maximum absolute atomic E-state index is 12.4. The van der Waals surface area contributed by atoms with Gasteiger partial charge in [-0.15, -0.1) is 0 Å². The molecule has 1 amide bonds. The molecule has 0 saturated heterocycles. The molecule has 1 aromatic heterocycles. The summed E-state index contributed by atoms with van der Waals surface area (Å²) in [5.41, 5.74) is 7.49. The maximum atomic E-state index is 12.4. The second-order valence-electron chi connectivity index (χ2n) is 4.97. The van der Waals surface area contributed by atoms with Crippen molar-refractivity contribution in [3.8, 4) is 6.07 Å². The molecule has 2 N–H and O–H groups in total. The standard InChI is InChI=1S/C14H20N4O/c1-10(2)9-18(6-4-5-15)14(19)12-8-17-11(3)7-13(12)16/h7-8,10H,4,6,9H2,1-3H3,(H2,16,17). The number of nitrogen functional groups attached to an aromatic ring is 1. The number of aromatic nitrogens is 1. The number of nitrogens with zero attached hydrogens (tertiary/aromatic N) is 3. The largest absolute Gasteiger partial charge is 0.398 e. The Morgan fingerprint density at radius 3 is 2.79 bits per heavy atom. The fourth-order valence-corrected chi connectivity index (χ4v) is 1.83. The van der Waals surface area contributed by atoms with E-state index in [1.807, 2.05) is 20.8 Å². The van der Waals surface area contributed by atoms with Gasteiger partial charge in [-0.05, 0) is 18.9 Å². The lowest BCUT2D eigenvalue weighted by Gasteiger charge is -2.24. The summed E-state index contributed by atoms with van der Waals surface area (Å²) in [4.78, 5) is 18.2. The quantitative estimate of drug-likeness (QED) is 0.877. The SMILES string of the molecule is Cc1cc(N)c(C(=O)N(CCC#N)CC(C)C)cn1. The van der Waals surface area contributed by atoms with Gasteiger partial charge in [0.2, 0.25) is 0 Å². The monoisotopic (exact) mass is 260 g/mol. The molecule has 1 rings (SSSR count). The highest BCUT2D eigenvalue weighted by Gasteiger charge is 2.19. The Bertz CT molecular complexity index is 491. The first-order valence-electron chi connectivity index (χ1n) is 6.34. The Hall–Kier alpha value is -2.09. The number of carbonyl (C=O) groups is 1. The Kier molecular flexibility index (Phi) is 5.31. The van der Waals surface area contributed by atoms with Crippen molar-refractivity contribution in [3.05, 3.63) is 23.5 Å². The van der Waals surface area contributed by atoms with E-state index in [1.54, 1.807) is 11.0 Å². The maximum Gasteiger partial charge on any atom is 0.257 e. The van der Waals surface area contributed by atoms with Gasteiger partial charge < -0.3 is 10.6 Å². The van der Waals surface area contributed by atoms with Crippen LogP contribution in [0, 0.1) is 24.2 Å². The Morgan fingerprint density at radius 1 is 1.58 bits per heavy atom. The van der Waals surface area contributed by atoms with Crippen molar-refractivity contribution in [1.82, 2.24) is 9.88 Å². The van der Waals surface area contributed by atoms with E-state index in [0.29, 0.717) is 36.7 Å². The van der Waals surface area contributed by atoms with Crippen LogP contribution in [0.4, 0.5) is 5.69 Å². The van der Waals surface area contributed by atoms with Gasteiger partial charge in [-0.1, -0.05) is 13.8 Å². The van der Waals surface area contributed by atoms with Crippen molar-refractivity contribution in [2.75, 3.05) is 18.8 Å². The number of carbonyl (C=O) groups excluding carboxylic acids is 1. The minimum atomic E-state index is -0.158. The molecule has 0 aliphatic rings. The first-order chi connectivity index (χ1) is 8.95. The topological polar surface area (TPSA) is 83.0 Å². The minimum Gasteiger partial charge on any atom is -0.398 e. The summed E-state index contributed by atoms with van der Waals surface area (Å²) in [7, 11) is 0. The Labute approximate surface area is 114 Å². The number of pyridine rings is 1. The van der Waals surface area contributed by atoms with Gasteiger partial charge in [0.25, 0.3) is 5.91 Å². The first kappa shape index (κ1) is 15.0. The first-order valence-corrected chi connectivity index (χ1v) is 6.34. The molecular formula is C14H20N4O. The molecule has 0 bridgehead atoms. The second kappa shape index (κ2) is 6.74. The zero-order valence-electron chi connectivity index (χ0n) is 11.7. The van der Waals surface area contributed by atoms with Crippen molar-refractivity contribution in [2.45, 2.75) is 27.2 Å². The lowest BCUT2D eigenvalue weighted by Crippen LogP contribution is -2.35. The van der Waals surface area contributed by atoms with E-state index < -0.39 is 0 Å². The summed E-state index contributed by atoms with van der Waals surface area (Å²) < 4.78 is 0. The number of amides is 1. The number of rotatable bonds is 5. The minimum absolute atomic E-state index is 0.158. The summed E-state index contributed by atoms with van der Waals surface area (Å²) >= 11 is 0. The smallest absolute Gasteiger partial charge is 0.257 e. The van der Waals surface area contributed by atoms with Gasteiger partial charge in [-0.2, -0.15) is 5.26 Å². The van der Waals surface area contributed by atoms with Crippen LogP contribution in [0.15, 0.2) is 12.3 Å². The molecule has 0 aromatic carbocycles. The second-order valence-corrected chi connectivity index (χ2v) is 4.97. The van der Waals surface area contributed by atoms with E-state index in [0.717, 1.165) is 5.69 Å². The summed E-state index contributed by atoms with van der Waals surface area (Å²) in [6, 6.07) is 3.75. The lowest BCUT2D eigenvalue weighted by atomic mass is 10.1. The third kappa shape index (κ3) is 4.25. The van der Waals surface area contributed by atoms with Crippen LogP contribution in [0.1, 0.15) is 36.3 Å². The van der Waals surface area contributed by atoms with E-state index in [9.17, 15) is 4.79 Å². The molecule has 5 nitrogen and oxygen atoms in total. The molecule has 0 aliphatic heterocycles. The van der Waals surface area contributed by atoms with Gasteiger partial charge in [0.1, 0.15) is 0 Å². The van der Waals surface area contributed by atoms with Gasteiger partial charge in [0, 0.05) is 30.7 Å². The number of anilines is 1. The molecule has 102 valence electrons. The average molecular weight is 260 g/mol. The van der Waals surface area contributed by atoms with Gasteiger partial charge >= 0.3 is 0 Å². The van der Waals surface area contributed by atoms with Gasteiger partial charge in [0.05, 0.1) is 18.1 Å². The van der Waals surface area contributed by atoms with Crippen LogP contribution in [0.5, 0.6) is 0 Å². The van der Waals surface area contributed by atoms with E-state index in [1.165, 1.54) is 6.20 Å². The predicted octanol–water partition coefficient (Wildman–Crippen LogP) is 1.98. The van der Waals surface area contributed by atoms with E-state index in [-0.39, 0.29) is 5.91 Å². The molecule has 0 radical (unpaired) electrons. The zero-order chi connectivity index (χ0) is 14.4. The van der Waals surface area contributed by atoms with Crippen LogP contribution in [0.3, 0.4) is 0 Å². The van der Waals surface area contributed by atoms with Crippen molar-refractivity contribution in [3.63, 3.8) is 0 Å². The highest BCUT2D eigenvalue weighted by molar-refractivity contribution is 5.98. The lowest BCUT2D eigenvalue weighted by molar-refractivity contribution is 0.0740. The summed E-state index contributed by atoms with van der Waals surface area (Å²) in [6.45, 7) is 6.91. The molecule has 0 fully saturated rings. The summed E-state index contributed by atoms with van der Waals surface area (Å²) in [5.74, 6) is 0.177. The van der Waals surface area contributed by atoms with Crippen molar-refractivity contribution < 1.29 is 4.79 Å². The van der Waals surface area contributed by atoms with E-state index in [2.05, 4.69) is 11.1 Å². The van der Waals surface area contributed by atoms with Crippen LogP contribution < -0.4 is 5.73 Å². The fraction of sp³-hybridized carbons (Fsp3) is 0.500. The highest BCUT2D eigenvalue weighted by Crippen LogP contribution is 2.15. The summed E-state index contributed by atoms with van der Waals surface area (Å²) in [5, 5.41) is 8.67. The summed E-state index contributed by atoms with van der Waals surface area (Å²) in [6.07, 6.45) is 1.82. The van der Waals surface area contributed by atoms with Crippen LogP contribution in [0.2, 0.25) is 0 Å². The molecule has 0 spiro atoms. The van der Waals surface area contributed by atoms with Crippen LogP contribution in [-0.2, 0) is 0 Å². The normalized spacial score (nSPS) is 10.3. The Morgan fingerprint density at radius 2 is 2.26 bits per heavy atom. The molecule has 5 heteroatoms. The van der Waals surface area contributed by atoms with Crippen LogP contribution in [-0.4, -0.2) is 28.9 Å². The number of hydrogen-bond acceptors (Lipinski definition) is 4. The number of nitrogens with two attached hydrogens (primary N) is 1. The highest BCUT2D eigenvalue weighted by atomic mass is 16.2. The zero-order valence-corrected chi connectivity index (χ0v) is 11.7. The number of hydrogen-bond donors (Lipinski definition) is 1. The predicted molar refractivity (Wildman–Crippen MR) is 74.4 cm³/mol. The van der Waals surface area contributed by atoms with Crippen molar-refractivity contribution in [2.24, 2.45) is 5.92 Å². The van der Waals surface area contributed by atoms with E-state index in [4.69, 9.17) is 11.0 Å². The van der Waals surface area contributed by atoms with Gasteiger partial charge in [-0.25, -0.2) is 0 Å². The third-order valence-electron chi connectivity index (χ3n) is 2.67. The van der Waals surface area contributed by atoms with Crippen LogP contribution in [0.25, 0.3) is 0 Å². The van der Waals surface area contributed by atoms with Crippen LogP contribution >= 0.6 is 0 Å². The molecule has 0 saturated carbocycles. The van der Waals surface area contributed by atoms with Crippen molar-refractivity contribution >= 4 is 11.6 Å². The Balaban J connectivity index is 2.94. The van der Waals surface area contributed by atoms with Gasteiger partial charge in [0.15, 0.2) is 0 Å². The number of nitriles is 1. The number of aryl methyl sites for hydroxylation is 1.